The molecule has 5 nitrogen and oxygen atoms in total. The molecule has 1 heterocycles. The van der Waals surface area contributed by atoms with Crippen molar-refractivity contribution in [2.24, 2.45) is 0 Å². The van der Waals surface area contributed by atoms with Gasteiger partial charge >= 0.3 is 0 Å². The largest absolute Gasteiger partial charge is 0.486 e. The van der Waals surface area contributed by atoms with Crippen LogP contribution < -0.4 is 9.64 Å². The SMILES string of the molecule is O=S(=O)(c1cc(F)ccc1F)N1CC[NH+](CCOc2ccccc2Cl)CC1. The van der Waals surface area contributed by atoms with Crippen LogP contribution >= 0.6 is 11.6 Å². The van der Waals surface area contributed by atoms with Gasteiger partial charge in [-0.2, -0.15) is 4.31 Å². The number of quaternary nitrogens is 1. The number of rotatable bonds is 6. The van der Waals surface area contributed by atoms with Crippen molar-refractivity contribution in [3.8, 4) is 5.75 Å². The molecule has 1 aliphatic rings. The number of hydrogen-bond donors (Lipinski definition) is 1. The van der Waals surface area contributed by atoms with Gasteiger partial charge in [0.05, 0.1) is 31.2 Å². The van der Waals surface area contributed by atoms with Crippen LogP contribution in [-0.4, -0.2) is 52.1 Å². The van der Waals surface area contributed by atoms with E-state index in [1.165, 1.54) is 9.21 Å². The lowest BCUT2D eigenvalue weighted by molar-refractivity contribution is -0.903. The van der Waals surface area contributed by atoms with Crippen LogP contribution in [0.1, 0.15) is 0 Å². The van der Waals surface area contributed by atoms with Crippen LogP contribution in [0, 0.1) is 11.6 Å². The molecular formula is C18H20ClF2N2O3S+. The number of hydrogen-bond acceptors (Lipinski definition) is 3. The van der Waals surface area contributed by atoms with Gasteiger partial charge in [0.15, 0.2) is 0 Å². The van der Waals surface area contributed by atoms with Crippen LogP contribution in [-0.2, 0) is 10.0 Å². The first-order valence-corrected chi connectivity index (χ1v) is 10.4. The lowest BCUT2D eigenvalue weighted by Gasteiger charge is -2.31. The average molecular weight is 418 g/mol. The van der Waals surface area contributed by atoms with E-state index in [9.17, 15) is 17.2 Å². The van der Waals surface area contributed by atoms with E-state index >= 15 is 0 Å². The fourth-order valence-electron chi connectivity index (χ4n) is 2.97. The van der Waals surface area contributed by atoms with Gasteiger partial charge in [-0.15, -0.1) is 0 Å². The van der Waals surface area contributed by atoms with E-state index in [1.54, 1.807) is 12.1 Å². The highest BCUT2D eigenvalue weighted by Gasteiger charge is 2.32. The molecule has 1 fully saturated rings. The summed E-state index contributed by atoms with van der Waals surface area (Å²) in [4.78, 5) is 0.557. The van der Waals surface area contributed by atoms with Crippen LogP contribution in [0.25, 0.3) is 0 Å². The second-order valence-electron chi connectivity index (χ2n) is 6.26. The molecule has 1 N–H and O–H groups in total. The van der Waals surface area contributed by atoms with E-state index in [1.807, 2.05) is 12.1 Å². The highest BCUT2D eigenvalue weighted by atomic mass is 35.5. The lowest BCUT2D eigenvalue weighted by Crippen LogP contribution is -3.15. The minimum atomic E-state index is -4.05. The average Bonchev–Trinajstić information content (AvgIpc) is 2.65. The van der Waals surface area contributed by atoms with Gasteiger partial charge < -0.3 is 9.64 Å². The van der Waals surface area contributed by atoms with Gasteiger partial charge in [-0.1, -0.05) is 23.7 Å². The number of piperazine rings is 1. The Bertz CT molecular complexity index is 903. The van der Waals surface area contributed by atoms with Crippen molar-refractivity contribution in [3.05, 3.63) is 59.1 Å². The molecule has 1 aliphatic heterocycles. The minimum Gasteiger partial charge on any atom is -0.486 e. The molecule has 0 spiro atoms. The second kappa shape index (κ2) is 8.52. The lowest BCUT2D eigenvalue weighted by atomic mass is 10.3. The van der Waals surface area contributed by atoms with Gasteiger partial charge in [-0.05, 0) is 30.3 Å². The van der Waals surface area contributed by atoms with Crippen LogP contribution in [0.5, 0.6) is 5.75 Å². The predicted molar refractivity (Wildman–Crippen MR) is 97.6 cm³/mol. The first kappa shape index (κ1) is 20.0. The van der Waals surface area contributed by atoms with E-state index in [-0.39, 0.29) is 13.1 Å². The Labute approximate surface area is 162 Å². The summed E-state index contributed by atoms with van der Waals surface area (Å²) in [5.74, 6) is -1.11. The number of benzene rings is 2. The van der Waals surface area contributed by atoms with Crippen molar-refractivity contribution in [1.29, 1.82) is 0 Å². The van der Waals surface area contributed by atoms with Crippen molar-refractivity contribution < 1.29 is 26.8 Å². The van der Waals surface area contributed by atoms with E-state index in [4.69, 9.17) is 16.3 Å². The Hall–Kier alpha value is -1.74. The van der Waals surface area contributed by atoms with Crippen molar-refractivity contribution >= 4 is 21.6 Å². The normalized spacial score (nSPS) is 16.4. The molecule has 0 saturated carbocycles. The Morgan fingerprint density at radius 3 is 2.52 bits per heavy atom. The molecule has 2 aromatic carbocycles. The van der Waals surface area contributed by atoms with Crippen LogP contribution in [0.3, 0.4) is 0 Å². The summed E-state index contributed by atoms with van der Waals surface area (Å²) >= 11 is 6.03. The zero-order chi connectivity index (χ0) is 19.4. The second-order valence-corrected chi connectivity index (χ2v) is 8.57. The van der Waals surface area contributed by atoms with Gasteiger partial charge in [0.1, 0.15) is 35.4 Å². The van der Waals surface area contributed by atoms with Gasteiger partial charge in [0, 0.05) is 0 Å². The van der Waals surface area contributed by atoms with Crippen molar-refractivity contribution in [2.45, 2.75) is 4.90 Å². The molecule has 9 heteroatoms. The molecule has 27 heavy (non-hydrogen) atoms. The topological polar surface area (TPSA) is 51.0 Å². The van der Waals surface area contributed by atoms with Crippen LogP contribution in [0.15, 0.2) is 47.4 Å². The van der Waals surface area contributed by atoms with E-state index in [0.29, 0.717) is 37.0 Å². The van der Waals surface area contributed by atoms with Crippen LogP contribution in [0.4, 0.5) is 8.78 Å². The summed E-state index contributed by atoms with van der Waals surface area (Å²) in [6.45, 7) is 2.72. The molecule has 3 rings (SSSR count). The molecule has 1 saturated heterocycles. The molecule has 146 valence electrons. The fraction of sp³-hybridized carbons (Fsp3) is 0.333. The Morgan fingerprint density at radius 1 is 1.11 bits per heavy atom. The summed E-state index contributed by atoms with van der Waals surface area (Å²) < 4.78 is 59.2. The third kappa shape index (κ3) is 4.76. The zero-order valence-electron chi connectivity index (χ0n) is 14.5. The molecule has 0 bridgehead atoms. The number of nitrogens with zero attached hydrogens (tertiary/aromatic N) is 1. The third-order valence-corrected chi connectivity index (χ3v) is 6.72. The van der Waals surface area contributed by atoms with Gasteiger partial charge in [-0.3, -0.25) is 0 Å². The highest BCUT2D eigenvalue weighted by molar-refractivity contribution is 7.89. The summed E-state index contributed by atoms with van der Waals surface area (Å²) in [6.07, 6.45) is 0. The molecule has 0 radical (unpaired) electrons. The smallest absolute Gasteiger partial charge is 0.246 e. The maximum atomic E-state index is 13.9. The zero-order valence-corrected chi connectivity index (χ0v) is 16.1. The standard InChI is InChI=1S/C18H19ClF2N2O3S/c19-15-3-1-2-4-17(15)26-12-11-22-7-9-23(10-8-22)27(24,25)18-13-14(20)5-6-16(18)21/h1-6,13H,7-12H2/p+1. The highest BCUT2D eigenvalue weighted by Crippen LogP contribution is 2.23. The summed E-state index contributed by atoms with van der Waals surface area (Å²) in [5, 5.41) is 0.542. The molecule has 0 aliphatic carbocycles. The molecule has 0 amide bonds. The fourth-order valence-corrected chi connectivity index (χ4v) is 4.68. The van der Waals surface area contributed by atoms with Crippen molar-refractivity contribution in [2.75, 3.05) is 39.3 Å². The number of sulfonamides is 1. The summed E-state index contributed by atoms with van der Waals surface area (Å²) in [5.41, 5.74) is 0. The maximum absolute atomic E-state index is 13.9. The van der Waals surface area contributed by atoms with Gasteiger partial charge in [0.2, 0.25) is 10.0 Å². The first-order chi connectivity index (χ1) is 12.9. The van der Waals surface area contributed by atoms with E-state index in [2.05, 4.69) is 0 Å². The molecule has 0 atom stereocenters. The van der Waals surface area contributed by atoms with E-state index < -0.39 is 26.6 Å². The molecule has 0 aromatic heterocycles. The number of ether oxygens (including phenoxy) is 1. The number of para-hydroxylation sites is 1. The molecule has 0 unspecified atom stereocenters. The van der Waals surface area contributed by atoms with Crippen molar-refractivity contribution in [1.82, 2.24) is 4.31 Å². The van der Waals surface area contributed by atoms with Gasteiger partial charge in [0.25, 0.3) is 0 Å². The molecule has 2 aromatic rings. The Morgan fingerprint density at radius 2 is 1.81 bits per heavy atom. The minimum absolute atomic E-state index is 0.236. The summed E-state index contributed by atoms with van der Waals surface area (Å²) in [7, 11) is -4.05. The van der Waals surface area contributed by atoms with Crippen LogP contribution in [0.2, 0.25) is 5.02 Å². The predicted octanol–water partition coefficient (Wildman–Crippen LogP) is 1.59. The van der Waals surface area contributed by atoms with Gasteiger partial charge in [-0.25, -0.2) is 17.2 Å². The number of halogens is 3. The molecular weight excluding hydrogens is 398 g/mol. The maximum Gasteiger partial charge on any atom is 0.246 e. The number of nitrogens with one attached hydrogen (secondary N) is 1. The monoisotopic (exact) mass is 417 g/mol. The Balaban J connectivity index is 1.54. The third-order valence-electron chi connectivity index (χ3n) is 4.49. The summed E-state index contributed by atoms with van der Waals surface area (Å²) in [6, 6.07) is 9.64. The first-order valence-electron chi connectivity index (χ1n) is 8.54. The quantitative estimate of drug-likeness (QED) is 0.776. The van der Waals surface area contributed by atoms with E-state index in [0.717, 1.165) is 18.2 Å². The Kier molecular flexibility index (Phi) is 6.31. The van der Waals surface area contributed by atoms with Crippen molar-refractivity contribution in [3.63, 3.8) is 0 Å².